The molecule has 0 unspecified atom stereocenters. The molecule has 0 amide bonds. The summed E-state index contributed by atoms with van der Waals surface area (Å²) in [4.78, 5) is 12.3. The van der Waals surface area contributed by atoms with Crippen molar-refractivity contribution in [2.45, 2.75) is 18.5 Å². The molecule has 0 aliphatic rings. The van der Waals surface area contributed by atoms with Gasteiger partial charge in [-0.15, -0.1) is 5.10 Å². The van der Waals surface area contributed by atoms with Crippen LogP contribution in [-0.2, 0) is 6.42 Å². The average molecular weight is 359 g/mol. The van der Waals surface area contributed by atoms with Crippen LogP contribution < -0.4 is 0 Å². The van der Waals surface area contributed by atoms with Crippen molar-refractivity contribution < 1.29 is 4.79 Å². The summed E-state index contributed by atoms with van der Waals surface area (Å²) in [7, 11) is 0. The molecule has 0 saturated carbocycles. The molecule has 0 saturated heterocycles. The van der Waals surface area contributed by atoms with E-state index in [1.807, 2.05) is 36.4 Å². The zero-order valence-corrected chi connectivity index (χ0v) is 14.6. The topological polar surface area (TPSA) is 60.7 Å². The summed E-state index contributed by atoms with van der Waals surface area (Å²) in [6.07, 6.45) is 0.957. The van der Waals surface area contributed by atoms with Crippen molar-refractivity contribution in [2.24, 2.45) is 0 Å². The number of benzene rings is 2. The first-order valence-corrected chi connectivity index (χ1v) is 8.83. The molecular weight excluding hydrogens is 344 g/mol. The molecule has 0 N–H and O–H groups in total. The van der Waals surface area contributed by atoms with Crippen LogP contribution in [0.5, 0.6) is 0 Å². The minimum absolute atomic E-state index is 0.0494. The van der Waals surface area contributed by atoms with Gasteiger partial charge in [0.2, 0.25) is 5.16 Å². The minimum Gasteiger partial charge on any atom is -0.293 e. The molecule has 122 valence electrons. The summed E-state index contributed by atoms with van der Waals surface area (Å²) in [5.74, 6) is 0.327. The van der Waals surface area contributed by atoms with Gasteiger partial charge in [0.25, 0.3) is 0 Å². The fourth-order valence-corrected chi connectivity index (χ4v) is 3.06. The average Bonchev–Trinajstić information content (AvgIpc) is 3.09. The van der Waals surface area contributed by atoms with Crippen LogP contribution in [0.25, 0.3) is 5.69 Å². The summed E-state index contributed by atoms with van der Waals surface area (Å²) >= 11 is 7.20. The first kappa shape index (κ1) is 16.7. The molecule has 24 heavy (non-hydrogen) atoms. The summed E-state index contributed by atoms with van der Waals surface area (Å²) < 4.78 is 1.59. The number of halogens is 1. The van der Waals surface area contributed by atoms with E-state index >= 15 is 0 Å². The third-order valence-electron chi connectivity index (χ3n) is 3.53. The highest BCUT2D eigenvalue weighted by Crippen LogP contribution is 2.20. The Morgan fingerprint density at radius 1 is 1.12 bits per heavy atom. The lowest BCUT2D eigenvalue weighted by molar-refractivity contribution is 0.102. The van der Waals surface area contributed by atoms with Crippen LogP contribution in [-0.4, -0.2) is 31.7 Å². The van der Waals surface area contributed by atoms with Crippen molar-refractivity contribution in [1.82, 2.24) is 20.2 Å². The van der Waals surface area contributed by atoms with Crippen LogP contribution in [0.15, 0.2) is 53.7 Å². The van der Waals surface area contributed by atoms with Gasteiger partial charge in [-0.3, -0.25) is 4.79 Å². The highest BCUT2D eigenvalue weighted by atomic mass is 35.5. The number of carbonyl (C=O) groups is 1. The van der Waals surface area contributed by atoms with Crippen molar-refractivity contribution in [3.8, 4) is 5.69 Å². The van der Waals surface area contributed by atoms with E-state index in [1.165, 1.54) is 17.3 Å². The van der Waals surface area contributed by atoms with Gasteiger partial charge in [-0.25, -0.2) is 0 Å². The second kappa shape index (κ2) is 7.59. The van der Waals surface area contributed by atoms with Crippen LogP contribution in [0.1, 0.15) is 22.8 Å². The molecule has 2 aromatic carbocycles. The van der Waals surface area contributed by atoms with E-state index in [9.17, 15) is 4.79 Å². The smallest absolute Gasteiger partial charge is 0.214 e. The van der Waals surface area contributed by atoms with E-state index in [2.05, 4.69) is 22.4 Å². The Morgan fingerprint density at radius 3 is 2.50 bits per heavy atom. The standard InChI is InChI=1S/C17H15ClN4OS/c1-2-12-3-5-13(6-4-12)16(23)11-24-17-19-20-21-22(17)15-9-7-14(18)8-10-15/h3-10H,2,11H2,1H3. The van der Waals surface area contributed by atoms with Gasteiger partial charge in [0, 0.05) is 10.6 Å². The van der Waals surface area contributed by atoms with Crippen molar-refractivity contribution in [3.05, 3.63) is 64.7 Å². The molecule has 3 aromatic rings. The zero-order chi connectivity index (χ0) is 16.9. The summed E-state index contributed by atoms with van der Waals surface area (Å²) in [6.45, 7) is 2.09. The SMILES string of the molecule is CCc1ccc(C(=O)CSc2nnnn2-c2ccc(Cl)cc2)cc1. The molecule has 0 fully saturated rings. The lowest BCUT2D eigenvalue weighted by Crippen LogP contribution is -2.05. The first-order chi connectivity index (χ1) is 11.7. The Kier molecular flexibility index (Phi) is 5.27. The van der Waals surface area contributed by atoms with Crippen LogP contribution in [0.2, 0.25) is 5.02 Å². The van der Waals surface area contributed by atoms with E-state index in [-0.39, 0.29) is 11.5 Å². The van der Waals surface area contributed by atoms with Crippen LogP contribution >= 0.6 is 23.4 Å². The molecular formula is C17H15ClN4OS. The van der Waals surface area contributed by atoms with Crippen molar-refractivity contribution >= 4 is 29.1 Å². The first-order valence-electron chi connectivity index (χ1n) is 7.46. The second-order valence-electron chi connectivity index (χ2n) is 5.11. The fourth-order valence-electron chi connectivity index (χ4n) is 2.15. The molecule has 0 aliphatic heterocycles. The Bertz CT molecular complexity index is 831. The summed E-state index contributed by atoms with van der Waals surface area (Å²) in [5, 5.41) is 12.9. The number of rotatable bonds is 6. The predicted octanol–water partition coefficient (Wildman–Crippen LogP) is 3.85. The highest BCUT2D eigenvalue weighted by Gasteiger charge is 2.12. The van der Waals surface area contributed by atoms with Crippen molar-refractivity contribution in [3.63, 3.8) is 0 Å². The number of nitrogens with zero attached hydrogens (tertiary/aromatic N) is 4. The van der Waals surface area contributed by atoms with E-state index in [4.69, 9.17) is 11.6 Å². The van der Waals surface area contributed by atoms with Crippen molar-refractivity contribution in [2.75, 3.05) is 5.75 Å². The van der Waals surface area contributed by atoms with Gasteiger partial charge in [0.05, 0.1) is 11.4 Å². The molecule has 5 nitrogen and oxygen atoms in total. The molecule has 0 aliphatic carbocycles. The molecule has 1 aromatic heterocycles. The van der Waals surface area contributed by atoms with E-state index in [1.54, 1.807) is 16.8 Å². The Hall–Kier alpha value is -2.18. The quantitative estimate of drug-likeness (QED) is 0.494. The maximum absolute atomic E-state index is 12.3. The summed E-state index contributed by atoms with van der Waals surface area (Å²) in [5.41, 5.74) is 2.71. The number of hydrogen-bond donors (Lipinski definition) is 0. The second-order valence-corrected chi connectivity index (χ2v) is 6.49. The Morgan fingerprint density at radius 2 is 1.83 bits per heavy atom. The van der Waals surface area contributed by atoms with E-state index in [0.717, 1.165) is 12.1 Å². The maximum atomic E-state index is 12.3. The molecule has 3 rings (SSSR count). The summed E-state index contributed by atoms with van der Waals surface area (Å²) in [6, 6.07) is 14.9. The van der Waals surface area contributed by atoms with Gasteiger partial charge in [0.15, 0.2) is 5.78 Å². The lowest BCUT2D eigenvalue weighted by Gasteiger charge is -2.05. The van der Waals surface area contributed by atoms with Crippen LogP contribution in [0.3, 0.4) is 0 Å². The predicted molar refractivity (Wildman–Crippen MR) is 95.0 cm³/mol. The number of tetrazole rings is 1. The van der Waals surface area contributed by atoms with Gasteiger partial charge in [-0.05, 0) is 46.7 Å². The Labute approximate surface area is 149 Å². The zero-order valence-electron chi connectivity index (χ0n) is 13.0. The molecule has 0 bridgehead atoms. The van der Waals surface area contributed by atoms with Gasteiger partial charge in [0.1, 0.15) is 0 Å². The monoisotopic (exact) mass is 358 g/mol. The van der Waals surface area contributed by atoms with Crippen LogP contribution in [0, 0.1) is 0 Å². The number of Topliss-reactive ketones (excluding diaryl/α,β-unsaturated/α-hetero) is 1. The van der Waals surface area contributed by atoms with Crippen molar-refractivity contribution in [1.29, 1.82) is 0 Å². The molecule has 1 heterocycles. The largest absolute Gasteiger partial charge is 0.293 e. The van der Waals surface area contributed by atoms with Gasteiger partial charge in [-0.2, -0.15) is 4.68 Å². The third kappa shape index (κ3) is 3.83. The number of hydrogen-bond acceptors (Lipinski definition) is 5. The number of thioether (sulfide) groups is 1. The van der Waals surface area contributed by atoms with Gasteiger partial charge >= 0.3 is 0 Å². The maximum Gasteiger partial charge on any atom is 0.214 e. The molecule has 0 atom stereocenters. The van der Waals surface area contributed by atoms with Crippen LogP contribution in [0.4, 0.5) is 0 Å². The number of aromatic nitrogens is 4. The number of carbonyl (C=O) groups excluding carboxylic acids is 1. The van der Waals surface area contributed by atoms with E-state index in [0.29, 0.717) is 15.7 Å². The normalized spacial score (nSPS) is 10.8. The van der Waals surface area contributed by atoms with Gasteiger partial charge in [-0.1, -0.05) is 54.6 Å². The molecule has 7 heteroatoms. The number of aryl methyl sites for hydroxylation is 1. The Balaban J connectivity index is 1.69. The molecule has 0 spiro atoms. The number of ketones is 1. The van der Waals surface area contributed by atoms with E-state index < -0.39 is 0 Å². The highest BCUT2D eigenvalue weighted by molar-refractivity contribution is 7.99. The minimum atomic E-state index is 0.0494. The fraction of sp³-hybridized carbons (Fsp3) is 0.176. The molecule has 0 radical (unpaired) electrons. The van der Waals surface area contributed by atoms with Gasteiger partial charge < -0.3 is 0 Å². The third-order valence-corrected chi connectivity index (χ3v) is 4.70. The lowest BCUT2D eigenvalue weighted by atomic mass is 10.1.